The summed E-state index contributed by atoms with van der Waals surface area (Å²) in [5.74, 6) is -36.5. The predicted molar refractivity (Wildman–Crippen MR) is 355 cm³/mol. The summed E-state index contributed by atoms with van der Waals surface area (Å²) in [5.41, 5.74) is -11.4. The van der Waals surface area contributed by atoms with E-state index in [2.05, 4.69) is 15.3 Å². The topological polar surface area (TPSA) is 164 Å². The van der Waals surface area contributed by atoms with Gasteiger partial charge in [0.2, 0.25) is 17.5 Å². The van der Waals surface area contributed by atoms with Gasteiger partial charge in [-0.25, -0.2) is 80.8 Å². The maximum Gasteiger partial charge on any atom is 0.200 e. The number of ether oxygens (including phenoxy) is 9. The summed E-state index contributed by atoms with van der Waals surface area (Å²) in [5, 5.41) is 2.37. The Morgan fingerprint density at radius 3 is 0.981 bits per heavy atom. The van der Waals surface area contributed by atoms with Gasteiger partial charge >= 0.3 is 0 Å². The van der Waals surface area contributed by atoms with Crippen LogP contribution in [-0.4, -0.2) is 97.1 Å². The van der Waals surface area contributed by atoms with Crippen LogP contribution in [0.2, 0.25) is 0 Å². The molecule has 13 rings (SSSR count). The van der Waals surface area contributed by atoms with Crippen LogP contribution < -0.4 is 58.6 Å². The fourth-order valence-electron chi connectivity index (χ4n) is 12.8. The van der Waals surface area contributed by atoms with Crippen molar-refractivity contribution < 1.29 is 108 Å². The number of H-pyrrole nitrogens is 2. The number of fused-ring (bicyclic) bond motifs is 9. The van der Waals surface area contributed by atoms with Crippen LogP contribution in [0.25, 0.3) is 33.4 Å². The highest BCUT2D eigenvalue weighted by atomic mass is 19.2. The average Bonchev–Trinajstić information content (AvgIpc) is 1.64. The van der Waals surface area contributed by atoms with E-state index in [0.717, 1.165) is 30.4 Å². The number of hydrogen-bond donors (Lipinski definition) is 3. The lowest BCUT2D eigenvalue weighted by molar-refractivity contribution is 0.373. The number of allylic oxidation sites excluding steroid dienone is 8. The number of hydrogen-bond acceptors (Lipinski definition) is 13. The zero-order chi connectivity index (χ0) is 75.0. The molecular weight excluding hydrogens is 1410 g/mol. The van der Waals surface area contributed by atoms with Gasteiger partial charge in [-0.05, 0) is 66.8 Å². The van der Waals surface area contributed by atoms with Crippen molar-refractivity contribution in [2.24, 2.45) is 15.0 Å². The molecule has 0 radical (unpaired) electrons. The molecule has 2 aromatic heterocycles. The van der Waals surface area contributed by atoms with E-state index in [-0.39, 0.29) is 119 Å². The largest absolute Gasteiger partial charge is 0.496 e. The predicted octanol–water partition coefficient (Wildman–Crippen LogP) is 14.5. The van der Waals surface area contributed by atoms with Crippen molar-refractivity contribution in [3.63, 3.8) is 0 Å². The Hall–Kier alpha value is -12.5. The molecule has 0 aliphatic carbocycles. The number of benzene rings is 6. The highest BCUT2D eigenvalue weighted by Crippen LogP contribution is 2.49. The van der Waals surface area contributed by atoms with Crippen LogP contribution in [0.15, 0.2) is 147 Å². The SMILES string of the molecule is COc1cc(OC)c(/C2=C3\C=CC(=N3)/C(c3c(F)c(F)c(F)c(F)c3F)=c3/cc/c([nH]3)=C(\c3c(OC)cc(OC)cc3OC)C3=N/C(=C(\c4c(F)c(F)c(F)c(F)c4F)C4C=C/C(=C(\c5c(OC)cc(OC)cc5OC)c5ccc([nH]5)/C(c5c(F)c(F)c(F)c(F)c5F)=C5/C=CC2=N5)N4)C=C3)c(OC)c1. The van der Waals surface area contributed by atoms with Crippen molar-refractivity contribution in [1.82, 2.24) is 15.3 Å². The van der Waals surface area contributed by atoms with E-state index in [1.807, 2.05) is 0 Å². The van der Waals surface area contributed by atoms with E-state index in [1.54, 1.807) is 0 Å². The third kappa shape index (κ3) is 11.6. The quantitative estimate of drug-likeness (QED) is 0.0511. The second kappa shape index (κ2) is 27.7. The molecule has 1 atom stereocenters. The molecular formula is C75H49F15N6O9. The molecule has 0 saturated carbocycles. The Morgan fingerprint density at radius 2 is 0.590 bits per heavy atom. The minimum absolute atomic E-state index is 0.0304. The molecule has 0 spiro atoms. The molecule has 0 fully saturated rings. The molecule has 30 heteroatoms. The van der Waals surface area contributed by atoms with Crippen molar-refractivity contribution in [3.8, 4) is 51.7 Å². The molecule has 15 nitrogen and oxygen atoms in total. The summed E-state index contributed by atoms with van der Waals surface area (Å²) in [6.45, 7) is 0. The van der Waals surface area contributed by atoms with Gasteiger partial charge in [0.1, 0.15) is 51.7 Å². The first-order chi connectivity index (χ1) is 50.4. The number of rotatable bonds is 15. The monoisotopic (exact) mass is 1460 g/mol. The Labute approximate surface area is 583 Å². The van der Waals surface area contributed by atoms with Crippen LogP contribution in [0.3, 0.4) is 0 Å². The molecule has 538 valence electrons. The maximum atomic E-state index is 17.0. The van der Waals surface area contributed by atoms with Crippen molar-refractivity contribution >= 4 is 50.6 Å². The minimum Gasteiger partial charge on any atom is -0.496 e. The molecule has 7 heterocycles. The minimum atomic E-state index is -2.56. The van der Waals surface area contributed by atoms with Gasteiger partial charge in [0.05, 0.1) is 138 Å². The Balaban J connectivity index is 1.25. The first-order valence-electron chi connectivity index (χ1n) is 30.7. The fraction of sp³-hybridized carbons (Fsp3) is 0.133. The molecule has 105 heavy (non-hydrogen) atoms. The van der Waals surface area contributed by atoms with Gasteiger partial charge in [0, 0.05) is 97.6 Å². The summed E-state index contributed by atoms with van der Waals surface area (Å²) in [7, 11) is 11.3. The molecule has 8 aromatic rings. The number of aromatic amines is 2. The highest BCUT2D eigenvalue weighted by molar-refractivity contribution is 6.36. The number of methoxy groups -OCH3 is 9. The zero-order valence-electron chi connectivity index (χ0n) is 55.7. The summed E-state index contributed by atoms with van der Waals surface area (Å²) in [6.07, 6.45) is 9.39. The molecule has 5 aliphatic rings. The Kier molecular flexibility index (Phi) is 18.7. The maximum absolute atomic E-state index is 17.0. The first-order valence-corrected chi connectivity index (χ1v) is 30.7. The molecule has 1 unspecified atom stereocenters. The number of nitrogens with one attached hydrogen (secondary N) is 3. The summed E-state index contributed by atoms with van der Waals surface area (Å²) in [4.78, 5) is 20.3. The number of aromatic nitrogens is 2. The lowest BCUT2D eigenvalue weighted by Gasteiger charge is -2.22. The molecule has 12 bridgehead atoms. The van der Waals surface area contributed by atoms with Gasteiger partial charge in [-0.15, -0.1) is 0 Å². The number of aliphatic imine (C=N–C) groups is 3. The van der Waals surface area contributed by atoms with Crippen molar-refractivity contribution in [3.05, 3.63) is 275 Å². The highest BCUT2D eigenvalue weighted by Gasteiger charge is 2.39. The zero-order valence-corrected chi connectivity index (χ0v) is 55.7. The van der Waals surface area contributed by atoms with Crippen LogP contribution in [0.5, 0.6) is 51.7 Å². The second-order valence-electron chi connectivity index (χ2n) is 23.0. The number of nitrogens with zero attached hydrogens (tertiary/aromatic N) is 3. The molecule has 6 aromatic carbocycles. The van der Waals surface area contributed by atoms with E-state index in [4.69, 9.17) is 57.6 Å². The third-order valence-corrected chi connectivity index (χ3v) is 17.6. The molecule has 0 amide bonds. The van der Waals surface area contributed by atoms with Gasteiger partial charge < -0.3 is 57.9 Å². The summed E-state index contributed by atoms with van der Waals surface area (Å²) in [6, 6.07) is 11.2. The van der Waals surface area contributed by atoms with Crippen LogP contribution in [0, 0.1) is 87.3 Å². The van der Waals surface area contributed by atoms with Gasteiger partial charge in [-0.2, -0.15) is 0 Å². The van der Waals surface area contributed by atoms with Crippen LogP contribution in [0.1, 0.15) is 44.8 Å². The van der Waals surface area contributed by atoms with Crippen LogP contribution in [0.4, 0.5) is 65.9 Å². The fourth-order valence-corrected chi connectivity index (χ4v) is 12.8. The van der Waals surface area contributed by atoms with Gasteiger partial charge in [-0.3, -0.25) is 0 Å². The smallest absolute Gasteiger partial charge is 0.200 e. The van der Waals surface area contributed by atoms with E-state index < -0.39 is 155 Å². The normalized spacial score (nSPS) is 19.2. The third-order valence-electron chi connectivity index (χ3n) is 17.6. The Morgan fingerprint density at radius 1 is 0.286 bits per heavy atom. The average molecular weight is 1460 g/mol. The Bertz CT molecular complexity index is 5480. The van der Waals surface area contributed by atoms with Gasteiger partial charge in [-0.1, -0.05) is 6.08 Å². The lowest BCUT2D eigenvalue weighted by Crippen LogP contribution is -2.26. The van der Waals surface area contributed by atoms with Gasteiger partial charge in [0.25, 0.3) is 0 Å². The van der Waals surface area contributed by atoms with E-state index in [1.165, 1.54) is 143 Å². The molecule has 3 N–H and O–H groups in total. The van der Waals surface area contributed by atoms with Crippen molar-refractivity contribution in [2.75, 3.05) is 64.0 Å². The van der Waals surface area contributed by atoms with E-state index in [9.17, 15) is 0 Å². The lowest BCUT2D eigenvalue weighted by atomic mass is 9.95. The van der Waals surface area contributed by atoms with E-state index in [0.29, 0.717) is 0 Å². The van der Waals surface area contributed by atoms with Crippen LogP contribution in [-0.2, 0) is 0 Å². The summed E-state index contributed by atoms with van der Waals surface area (Å²) < 4.78 is 295. The van der Waals surface area contributed by atoms with E-state index >= 15 is 65.9 Å². The number of halogens is 15. The standard InChI is InChI=1S/C75H49F15N6O9/c1-97-28-22-43(100-4)55(44(23-28)101-5)49-31-10-16-37(91-31)52(58-61(76)67(82)73(88)68(83)62(58)77)39-18-12-33(93-39)50(56-45(102-6)24-29(98-2)25-46(56)103-7)35-14-20-41(95-35)54(60-65(80)71(86)75(90)72(87)66(60)81)42-21-15-36(96-42)51(57-47(104-8)26-30(99-3)27-48(57)105-9)34-13-19-40(94-34)53(38-17-11-32(49)92-38)59-63(78)69(84)74(89)70(85)64(59)79/h10-27,37,91-92,95H,1-9H3/b49-31+,50-35+,51-36+,52-39-,53-40+,54-41+. The second-order valence-corrected chi connectivity index (χ2v) is 23.0. The van der Waals surface area contributed by atoms with Gasteiger partial charge in [0.15, 0.2) is 69.8 Å². The molecule has 5 aliphatic heterocycles. The molecule has 0 saturated heterocycles. The summed E-state index contributed by atoms with van der Waals surface area (Å²) >= 11 is 0. The van der Waals surface area contributed by atoms with Crippen molar-refractivity contribution in [2.45, 2.75) is 6.04 Å². The van der Waals surface area contributed by atoms with Crippen molar-refractivity contribution in [1.29, 1.82) is 0 Å². The first kappa shape index (κ1) is 70.9. The van der Waals surface area contributed by atoms with Crippen LogP contribution >= 0.6 is 0 Å².